The molecule has 162 valence electrons. The van der Waals surface area contributed by atoms with Crippen molar-refractivity contribution < 1.29 is 28.5 Å². The summed E-state index contributed by atoms with van der Waals surface area (Å²) in [5, 5.41) is 0. The highest BCUT2D eigenvalue weighted by atomic mass is 16.8. The molecule has 1 aromatic heterocycles. The number of aromatic nitrogens is 2. The number of nitrogens with zero attached hydrogens (tertiary/aromatic N) is 2. The van der Waals surface area contributed by atoms with Crippen molar-refractivity contribution in [3.8, 4) is 0 Å². The highest BCUT2D eigenvalue weighted by Gasteiger charge is 2.57. The van der Waals surface area contributed by atoms with Gasteiger partial charge in [0.05, 0.1) is 32.0 Å². The molecule has 0 bridgehead atoms. The predicted octanol–water partition coefficient (Wildman–Crippen LogP) is 2.84. The molecule has 8 heteroatoms. The van der Waals surface area contributed by atoms with Crippen LogP contribution in [-0.4, -0.2) is 52.5 Å². The summed E-state index contributed by atoms with van der Waals surface area (Å²) >= 11 is 0. The fourth-order valence-corrected chi connectivity index (χ4v) is 4.02. The second-order valence-corrected chi connectivity index (χ2v) is 7.92. The molecule has 2 aromatic rings. The van der Waals surface area contributed by atoms with Crippen molar-refractivity contribution in [3.05, 3.63) is 54.6 Å². The molecule has 30 heavy (non-hydrogen) atoms. The lowest BCUT2D eigenvalue weighted by molar-refractivity contribution is -0.225. The monoisotopic (exact) mass is 416 g/mol. The minimum Gasteiger partial charge on any atom is -0.466 e. The molecule has 0 spiro atoms. The van der Waals surface area contributed by atoms with E-state index in [0.29, 0.717) is 13.2 Å². The fraction of sp³-hybridized carbons (Fsp3) is 0.545. The SMILES string of the molecule is CCOC(=O)CC(C1O[C@H]2OC(C)(C)O[C@H]2[C@@H]1OCc1ccccc1)n1ccnc1. The third kappa shape index (κ3) is 4.57. The minimum atomic E-state index is -0.764. The van der Waals surface area contributed by atoms with Crippen LogP contribution in [0.2, 0.25) is 0 Å². The number of ether oxygens (including phenoxy) is 5. The van der Waals surface area contributed by atoms with Crippen LogP contribution in [0.4, 0.5) is 0 Å². The molecular formula is C22H28N2O6. The maximum absolute atomic E-state index is 12.3. The van der Waals surface area contributed by atoms with E-state index in [4.69, 9.17) is 23.7 Å². The molecule has 0 N–H and O–H groups in total. The highest BCUT2D eigenvalue weighted by Crippen LogP contribution is 2.42. The van der Waals surface area contributed by atoms with Gasteiger partial charge in [-0.05, 0) is 26.3 Å². The molecule has 3 heterocycles. The second kappa shape index (κ2) is 8.85. The van der Waals surface area contributed by atoms with E-state index in [9.17, 15) is 4.79 Å². The molecule has 0 amide bonds. The van der Waals surface area contributed by atoms with Crippen LogP contribution in [0.25, 0.3) is 0 Å². The minimum absolute atomic E-state index is 0.128. The van der Waals surface area contributed by atoms with Gasteiger partial charge in [0, 0.05) is 12.4 Å². The van der Waals surface area contributed by atoms with E-state index in [-0.39, 0.29) is 18.4 Å². The largest absolute Gasteiger partial charge is 0.466 e. The highest BCUT2D eigenvalue weighted by molar-refractivity contribution is 5.70. The summed E-state index contributed by atoms with van der Waals surface area (Å²) in [6.45, 7) is 6.21. The Morgan fingerprint density at radius 3 is 2.77 bits per heavy atom. The van der Waals surface area contributed by atoms with E-state index in [0.717, 1.165) is 5.56 Å². The first-order chi connectivity index (χ1) is 14.5. The molecular weight excluding hydrogens is 388 g/mol. The first-order valence-corrected chi connectivity index (χ1v) is 10.3. The topological polar surface area (TPSA) is 81.0 Å². The zero-order chi connectivity index (χ0) is 21.1. The lowest BCUT2D eigenvalue weighted by atomic mass is 10.00. The van der Waals surface area contributed by atoms with Crippen molar-refractivity contribution in [2.24, 2.45) is 0 Å². The van der Waals surface area contributed by atoms with Gasteiger partial charge < -0.3 is 28.3 Å². The Balaban J connectivity index is 1.58. The molecule has 2 unspecified atom stereocenters. The van der Waals surface area contributed by atoms with Gasteiger partial charge in [-0.1, -0.05) is 30.3 Å². The van der Waals surface area contributed by atoms with Crippen LogP contribution in [0.5, 0.6) is 0 Å². The molecule has 2 aliphatic heterocycles. The summed E-state index contributed by atoms with van der Waals surface area (Å²) < 4.78 is 31.7. The van der Waals surface area contributed by atoms with Crippen LogP contribution in [0.3, 0.4) is 0 Å². The zero-order valence-electron chi connectivity index (χ0n) is 17.5. The quantitative estimate of drug-likeness (QED) is 0.612. The molecule has 2 fully saturated rings. The first kappa shape index (κ1) is 21.0. The number of hydrogen-bond acceptors (Lipinski definition) is 7. The van der Waals surface area contributed by atoms with Crippen LogP contribution in [0.1, 0.15) is 38.8 Å². The zero-order valence-corrected chi connectivity index (χ0v) is 17.5. The maximum Gasteiger partial charge on any atom is 0.307 e. The molecule has 1 aromatic carbocycles. The summed E-state index contributed by atoms with van der Waals surface area (Å²) in [6.07, 6.45) is 3.40. The number of hydrogen-bond donors (Lipinski definition) is 0. The van der Waals surface area contributed by atoms with Crippen LogP contribution in [0, 0.1) is 0 Å². The van der Waals surface area contributed by atoms with Crippen molar-refractivity contribution in [2.75, 3.05) is 6.61 Å². The number of benzene rings is 1. The van der Waals surface area contributed by atoms with E-state index in [1.54, 1.807) is 25.6 Å². The van der Waals surface area contributed by atoms with Crippen molar-refractivity contribution in [1.29, 1.82) is 0 Å². The first-order valence-electron chi connectivity index (χ1n) is 10.3. The number of esters is 1. The number of carbonyl (C=O) groups is 1. The summed E-state index contributed by atoms with van der Waals surface area (Å²) in [7, 11) is 0. The van der Waals surface area contributed by atoms with Gasteiger partial charge in [-0.15, -0.1) is 0 Å². The molecule has 2 aliphatic rings. The van der Waals surface area contributed by atoms with Crippen LogP contribution in [-0.2, 0) is 35.1 Å². The summed E-state index contributed by atoms with van der Waals surface area (Å²) in [5.41, 5.74) is 1.04. The van der Waals surface area contributed by atoms with Crippen LogP contribution in [0.15, 0.2) is 49.1 Å². The Kier molecular flexibility index (Phi) is 6.19. The predicted molar refractivity (Wildman–Crippen MR) is 106 cm³/mol. The standard InChI is InChI=1S/C22H28N2O6/c1-4-26-17(25)12-16(24-11-10-23-14-24)18-19(27-13-15-8-6-5-7-9-15)20-21(28-18)30-22(2,3)29-20/h5-11,14,16,18-21H,4,12-13H2,1-3H3/t16?,18?,19-,20+,21+/m1/s1. The molecule has 2 saturated heterocycles. The van der Waals surface area contributed by atoms with E-state index < -0.39 is 30.4 Å². The summed E-state index contributed by atoms with van der Waals surface area (Å²) in [6, 6.07) is 9.54. The van der Waals surface area contributed by atoms with Crippen molar-refractivity contribution in [3.63, 3.8) is 0 Å². The molecule has 8 nitrogen and oxygen atoms in total. The van der Waals surface area contributed by atoms with E-state index >= 15 is 0 Å². The molecule has 0 aliphatic carbocycles. The Morgan fingerprint density at radius 1 is 1.27 bits per heavy atom. The van der Waals surface area contributed by atoms with Gasteiger partial charge in [0.25, 0.3) is 0 Å². The van der Waals surface area contributed by atoms with Crippen LogP contribution < -0.4 is 0 Å². The van der Waals surface area contributed by atoms with E-state index in [1.165, 1.54) is 0 Å². The third-order valence-electron chi connectivity index (χ3n) is 5.28. The lowest BCUT2D eigenvalue weighted by Crippen LogP contribution is -2.41. The van der Waals surface area contributed by atoms with E-state index in [1.807, 2.05) is 48.7 Å². The molecule has 5 atom stereocenters. The van der Waals surface area contributed by atoms with Gasteiger partial charge in [0.15, 0.2) is 12.1 Å². The van der Waals surface area contributed by atoms with Gasteiger partial charge >= 0.3 is 5.97 Å². The number of fused-ring (bicyclic) bond motifs is 1. The average molecular weight is 416 g/mol. The van der Waals surface area contributed by atoms with Crippen molar-refractivity contribution in [1.82, 2.24) is 9.55 Å². The number of imidazole rings is 1. The Morgan fingerprint density at radius 2 is 2.07 bits per heavy atom. The number of carbonyl (C=O) groups excluding carboxylic acids is 1. The van der Waals surface area contributed by atoms with Crippen molar-refractivity contribution >= 4 is 5.97 Å². The van der Waals surface area contributed by atoms with Crippen molar-refractivity contribution in [2.45, 2.75) is 70.2 Å². The third-order valence-corrected chi connectivity index (χ3v) is 5.28. The van der Waals surface area contributed by atoms with Gasteiger partial charge in [0.1, 0.15) is 18.3 Å². The van der Waals surface area contributed by atoms with Gasteiger partial charge in [-0.2, -0.15) is 0 Å². The summed E-state index contributed by atoms with van der Waals surface area (Å²) in [5.74, 6) is -1.07. The lowest BCUT2D eigenvalue weighted by Gasteiger charge is -2.31. The average Bonchev–Trinajstić information content (AvgIpc) is 3.41. The van der Waals surface area contributed by atoms with Gasteiger partial charge in [-0.25, -0.2) is 4.98 Å². The maximum atomic E-state index is 12.3. The van der Waals surface area contributed by atoms with Crippen LogP contribution >= 0.6 is 0 Å². The number of rotatable bonds is 8. The van der Waals surface area contributed by atoms with Gasteiger partial charge in [0.2, 0.25) is 0 Å². The molecule has 4 rings (SSSR count). The molecule has 0 radical (unpaired) electrons. The summed E-state index contributed by atoms with van der Waals surface area (Å²) in [4.78, 5) is 16.5. The Hall–Kier alpha value is -2.26. The smallest absolute Gasteiger partial charge is 0.307 e. The fourth-order valence-electron chi connectivity index (χ4n) is 4.02. The van der Waals surface area contributed by atoms with Gasteiger partial charge in [-0.3, -0.25) is 4.79 Å². The normalized spacial score (nSPS) is 28.2. The Bertz CT molecular complexity index is 825. The molecule has 0 saturated carbocycles. The second-order valence-electron chi connectivity index (χ2n) is 7.92. The van der Waals surface area contributed by atoms with E-state index in [2.05, 4.69) is 4.98 Å². The Labute approximate surface area is 176 Å².